The van der Waals surface area contributed by atoms with E-state index in [2.05, 4.69) is 83.7 Å². The zero-order chi connectivity index (χ0) is 25.7. The standard InChI is InChI=1S/C32H30ClN3O/c1-20-11-14-23(15-12-20)29-25-8-6-7-17-35-28(24-16-13-21(2)22(3)18-24)19-36(32(25)35)30(29)31(37)34-27-10-5-4-9-26(27)33/h4-5,9-16,18-19H,6-8,17H2,1-3H3,(H,34,37). The van der Waals surface area contributed by atoms with Crippen molar-refractivity contribution in [3.63, 3.8) is 0 Å². The smallest absolute Gasteiger partial charge is 0.273 e. The maximum absolute atomic E-state index is 14.0. The lowest BCUT2D eigenvalue weighted by Gasteiger charge is -2.11. The van der Waals surface area contributed by atoms with Crippen LogP contribution in [0.4, 0.5) is 5.69 Å². The molecule has 1 amide bonds. The first kappa shape index (κ1) is 23.6. The number of para-hydroxylation sites is 1. The summed E-state index contributed by atoms with van der Waals surface area (Å²) in [5.74, 6) is -0.158. The Hall–Kier alpha value is -3.76. The highest BCUT2D eigenvalue weighted by atomic mass is 35.5. The van der Waals surface area contributed by atoms with Gasteiger partial charge >= 0.3 is 0 Å². The van der Waals surface area contributed by atoms with Crippen LogP contribution in [0.1, 0.15) is 45.6 Å². The Balaban J connectivity index is 1.62. The van der Waals surface area contributed by atoms with Gasteiger partial charge in [0.15, 0.2) is 0 Å². The van der Waals surface area contributed by atoms with Crippen molar-refractivity contribution < 1.29 is 4.79 Å². The van der Waals surface area contributed by atoms with E-state index >= 15 is 0 Å². The van der Waals surface area contributed by atoms with Crippen molar-refractivity contribution in [2.75, 3.05) is 5.32 Å². The van der Waals surface area contributed by atoms with Crippen LogP contribution in [0.25, 0.3) is 28.0 Å². The van der Waals surface area contributed by atoms with Crippen LogP contribution in [0.5, 0.6) is 0 Å². The number of hydrogen-bond donors (Lipinski definition) is 1. The molecule has 0 saturated heterocycles. The zero-order valence-electron chi connectivity index (χ0n) is 21.4. The van der Waals surface area contributed by atoms with E-state index in [0.717, 1.165) is 48.3 Å². The average molecular weight is 508 g/mol. The van der Waals surface area contributed by atoms with E-state index in [9.17, 15) is 4.79 Å². The predicted octanol–water partition coefficient (Wildman–Crippen LogP) is 8.24. The molecule has 1 aliphatic heterocycles. The third-order valence-corrected chi connectivity index (χ3v) is 7.94. The van der Waals surface area contributed by atoms with Gasteiger partial charge in [-0.25, -0.2) is 0 Å². The van der Waals surface area contributed by atoms with Crippen LogP contribution in [-0.2, 0) is 13.0 Å². The fourth-order valence-electron chi connectivity index (χ4n) is 5.52. The lowest BCUT2D eigenvalue weighted by Crippen LogP contribution is -2.15. The van der Waals surface area contributed by atoms with Gasteiger partial charge in [-0.1, -0.05) is 65.7 Å². The third kappa shape index (κ3) is 4.06. The number of imidazole rings is 1. The number of aryl methyl sites for hydroxylation is 5. The van der Waals surface area contributed by atoms with E-state index < -0.39 is 0 Å². The number of carbonyl (C=O) groups is 1. The van der Waals surface area contributed by atoms with E-state index in [-0.39, 0.29) is 5.91 Å². The van der Waals surface area contributed by atoms with Crippen LogP contribution in [0.2, 0.25) is 5.02 Å². The molecule has 37 heavy (non-hydrogen) atoms. The van der Waals surface area contributed by atoms with Crippen molar-refractivity contribution in [2.24, 2.45) is 0 Å². The summed E-state index contributed by atoms with van der Waals surface area (Å²) in [6, 6.07) is 22.5. The van der Waals surface area contributed by atoms with Gasteiger partial charge in [-0.15, -0.1) is 0 Å². The first-order valence-corrected chi connectivity index (χ1v) is 13.3. The van der Waals surface area contributed by atoms with Gasteiger partial charge in [-0.2, -0.15) is 0 Å². The molecule has 6 rings (SSSR count). The number of aromatic nitrogens is 2. The van der Waals surface area contributed by atoms with Crippen LogP contribution in [-0.4, -0.2) is 14.9 Å². The highest BCUT2D eigenvalue weighted by molar-refractivity contribution is 6.34. The number of carbonyl (C=O) groups excluding carboxylic acids is 1. The second kappa shape index (κ2) is 9.28. The summed E-state index contributed by atoms with van der Waals surface area (Å²) in [5, 5.41) is 3.62. The number of benzene rings is 3. The number of amides is 1. The van der Waals surface area contributed by atoms with Gasteiger partial charge in [0.25, 0.3) is 5.91 Å². The van der Waals surface area contributed by atoms with E-state index in [1.165, 1.54) is 27.8 Å². The molecule has 2 aromatic heterocycles. The Morgan fingerprint density at radius 2 is 1.65 bits per heavy atom. The summed E-state index contributed by atoms with van der Waals surface area (Å²) in [4.78, 5) is 14.0. The van der Waals surface area contributed by atoms with E-state index in [1.807, 2.05) is 18.2 Å². The molecule has 5 aromatic rings. The number of nitrogens with zero attached hydrogens (tertiary/aromatic N) is 2. The molecule has 0 aliphatic carbocycles. The number of nitrogens with one attached hydrogen (secondary N) is 1. The third-order valence-electron chi connectivity index (χ3n) is 7.61. The van der Waals surface area contributed by atoms with Crippen LogP contribution in [0.3, 0.4) is 0 Å². The van der Waals surface area contributed by atoms with Crippen molar-refractivity contribution in [1.29, 1.82) is 0 Å². The van der Waals surface area contributed by atoms with Gasteiger partial charge in [0.2, 0.25) is 0 Å². The second-order valence-corrected chi connectivity index (χ2v) is 10.5. The predicted molar refractivity (Wildman–Crippen MR) is 153 cm³/mol. The molecule has 0 radical (unpaired) electrons. The van der Waals surface area contributed by atoms with Gasteiger partial charge in [-0.3, -0.25) is 9.20 Å². The first-order valence-electron chi connectivity index (χ1n) is 12.9. The molecule has 0 saturated carbocycles. The lowest BCUT2D eigenvalue weighted by molar-refractivity contribution is 0.102. The summed E-state index contributed by atoms with van der Waals surface area (Å²) < 4.78 is 4.53. The molecule has 186 valence electrons. The average Bonchev–Trinajstić information content (AvgIpc) is 3.30. The van der Waals surface area contributed by atoms with E-state index in [0.29, 0.717) is 16.4 Å². The van der Waals surface area contributed by atoms with Crippen molar-refractivity contribution in [1.82, 2.24) is 8.97 Å². The van der Waals surface area contributed by atoms with Gasteiger partial charge in [0.1, 0.15) is 11.3 Å². The van der Waals surface area contributed by atoms with Crippen molar-refractivity contribution in [3.8, 4) is 22.4 Å². The maximum atomic E-state index is 14.0. The molecule has 4 nitrogen and oxygen atoms in total. The van der Waals surface area contributed by atoms with E-state index in [4.69, 9.17) is 11.6 Å². The molecule has 0 spiro atoms. The topological polar surface area (TPSA) is 38.4 Å². The van der Waals surface area contributed by atoms with Crippen molar-refractivity contribution in [2.45, 2.75) is 46.6 Å². The fraction of sp³-hybridized carbons (Fsp3) is 0.219. The quantitative estimate of drug-likeness (QED) is 0.261. The molecule has 1 N–H and O–H groups in total. The number of halogens is 1. The monoisotopic (exact) mass is 507 g/mol. The Labute approximate surface area is 222 Å². The summed E-state index contributed by atoms with van der Waals surface area (Å²) in [6.45, 7) is 7.31. The van der Waals surface area contributed by atoms with Gasteiger partial charge in [0, 0.05) is 23.9 Å². The van der Waals surface area contributed by atoms with Crippen molar-refractivity contribution >= 4 is 28.8 Å². The minimum atomic E-state index is -0.158. The Kier molecular flexibility index (Phi) is 5.92. The van der Waals surface area contributed by atoms with Crippen LogP contribution in [0.15, 0.2) is 72.9 Å². The van der Waals surface area contributed by atoms with Gasteiger partial charge in [0.05, 0.1) is 16.4 Å². The summed E-state index contributed by atoms with van der Waals surface area (Å²) >= 11 is 6.42. The Morgan fingerprint density at radius 1 is 0.892 bits per heavy atom. The highest BCUT2D eigenvalue weighted by Crippen LogP contribution is 2.40. The number of hydrogen-bond acceptors (Lipinski definition) is 1. The SMILES string of the molecule is Cc1ccc(-c2c3c4n(c(-c5ccc(C)c(C)c5)cn4c2C(=O)Nc2ccccc2Cl)CCCC3)cc1. The van der Waals surface area contributed by atoms with Crippen LogP contribution in [0, 0.1) is 20.8 Å². The highest BCUT2D eigenvalue weighted by Gasteiger charge is 2.29. The van der Waals surface area contributed by atoms with Gasteiger partial charge < -0.3 is 9.88 Å². The molecule has 5 heteroatoms. The van der Waals surface area contributed by atoms with Gasteiger partial charge in [-0.05, 0) is 80.5 Å². The summed E-state index contributed by atoms with van der Waals surface area (Å²) in [7, 11) is 0. The fourth-order valence-corrected chi connectivity index (χ4v) is 5.70. The molecular formula is C32H30ClN3O. The number of anilines is 1. The molecule has 3 aromatic carbocycles. The molecular weight excluding hydrogens is 478 g/mol. The van der Waals surface area contributed by atoms with Crippen molar-refractivity contribution in [3.05, 3.63) is 106 Å². The minimum Gasteiger partial charge on any atom is -0.325 e. The number of rotatable bonds is 4. The molecule has 0 fully saturated rings. The van der Waals surface area contributed by atoms with Crippen LogP contribution < -0.4 is 5.32 Å². The molecule has 1 aliphatic rings. The largest absolute Gasteiger partial charge is 0.325 e. The molecule has 3 heterocycles. The normalized spacial score (nSPS) is 13.1. The Morgan fingerprint density at radius 3 is 2.41 bits per heavy atom. The molecule has 0 unspecified atom stereocenters. The lowest BCUT2D eigenvalue weighted by atomic mass is 9.97. The maximum Gasteiger partial charge on any atom is 0.273 e. The van der Waals surface area contributed by atoms with Crippen LogP contribution >= 0.6 is 11.6 Å². The summed E-state index contributed by atoms with van der Waals surface area (Å²) in [5.41, 5.74) is 11.8. The molecule has 0 atom stereocenters. The second-order valence-electron chi connectivity index (χ2n) is 10.1. The first-order chi connectivity index (χ1) is 17.9. The Bertz CT molecular complexity index is 1660. The summed E-state index contributed by atoms with van der Waals surface area (Å²) in [6.07, 6.45) is 5.26. The zero-order valence-corrected chi connectivity index (χ0v) is 22.2. The molecule has 0 bridgehead atoms. The minimum absolute atomic E-state index is 0.158. The van der Waals surface area contributed by atoms with E-state index in [1.54, 1.807) is 6.07 Å².